The van der Waals surface area contributed by atoms with Crippen LogP contribution in [0.3, 0.4) is 0 Å². The molecule has 2 aromatic heterocycles. The Kier molecular flexibility index (Phi) is 7.68. The lowest BCUT2D eigenvalue weighted by molar-refractivity contribution is -0.116. The van der Waals surface area contributed by atoms with E-state index in [0.717, 1.165) is 22.2 Å². The van der Waals surface area contributed by atoms with E-state index in [1.165, 1.54) is 13.2 Å². The van der Waals surface area contributed by atoms with Crippen molar-refractivity contribution in [3.8, 4) is 5.75 Å². The zero-order chi connectivity index (χ0) is 29.1. The lowest BCUT2D eigenvalue weighted by Crippen LogP contribution is -2.20. The van der Waals surface area contributed by atoms with E-state index in [0.29, 0.717) is 42.0 Å². The number of nitrogens with one attached hydrogen (secondary N) is 2. The number of hydrogen-bond donors (Lipinski definition) is 3. The Bertz CT molecular complexity index is 1790. The van der Waals surface area contributed by atoms with Gasteiger partial charge in [0.05, 0.1) is 18.3 Å². The molecule has 11 nitrogen and oxygen atoms in total. The number of ether oxygens (including phenoxy) is 1. The minimum Gasteiger partial charge on any atom is -0.494 e. The second kappa shape index (κ2) is 11.5. The summed E-state index contributed by atoms with van der Waals surface area (Å²) in [5, 5.41) is 12.3. The highest BCUT2D eigenvalue weighted by Crippen LogP contribution is 2.31. The van der Waals surface area contributed by atoms with Crippen LogP contribution in [0, 0.1) is 6.92 Å². The molecular weight excluding hydrogens is 522 g/mol. The number of nitrogens with zero attached hydrogens (tertiary/aromatic N) is 4. The number of aryl methyl sites for hydroxylation is 3. The molecule has 4 N–H and O–H groups in total. The Morgan fingerprint density at radius 1 is 1.00 bits per heavy atom. The molecule has 3 amide bonds. The normalized spacial score (nSPS) is 11.1. The summed E-state index contributed by atoms with van der Waals surface area (Å²) in [6.07, 6.45) is 0.670. The highest BCUT2D eigenvalue weighted by molar-refractivity contribution is 6.04. The second-order valence-corrected chi connectivity index (χ2v) is 9.65. The maximum atomic E-state index is 13.2. The van der Waals surface area contributed by atoms with Crippen LogP contribution in [-0.4, -0.2) is 44.2 Å². The van der Waals surface area contributed by atoms with Crippen LogP contribution in [-0.2, 0) is 17.9 Å². The molecule has 5 rings (SSSR count). The van der Waals surface area contributed by atoms with E-state index in [1.807, 2.05) is 56.3 Å². The van der Waals surface area contributed by atoms with E-state index in [4.69, 9.17) is 10.5 Å². The lowest BCUT2D eigenvalue weighted by Gasteiger charge is -2.13. The number of hydrogen-bond acceptors (Lipinski definition) is 6. The third-order valence-corrected chi connectivity index (χ3v) is 6.79. The van der Waals surface area contributed by atoms with Crippen molar-refractivity contribution < 1.29 is 19.1 Å². The van der Waals surface area contributed by atoms with Gasteiger partial charge in [-0.25, -0.2) is 4.98 Å². The van der Waals surface area contributed by atoms with Gasteiger partial charge < -0.3 is 20.4 Å². The maximum Gasteiger partial charge on any atom is 0.276 e. The van der Waals surface area contributed by atoms with Crippen molar-refractivity contribution in [2.45, 2.75) is 39.8 Å². The number of aromatic nitrogens is 4. The van der Waals surface area contributed by atoms with E-state index in [9.17, 15) is 14.4 Å². The van der Waals surface area contributed by atoms with E-state index in [2.05, 4.69) is 20.7 Å². The van der Waals surface area contributed by atoms with Gasteiger partial charge in [-0.3, -0.25) is 24.4 Å². The third kappa shape index (κ3) is 5.74. The van der Waals surface area contributed by atoms with Gasteiger partial charge in [-0.2, -0.15) is 5.10 Å². The van der Waals surface area contributed by atoms with Crippen molar-refractivity contribution in [1.29, 1.82) is 0 Å². The summed E-state index contributed by atoms with van der Waals surface area (Å²) in [6.45, 7) is 4.58. The smallest absolute Gasteiger partial charge is 0.276 e. The highest BCUT2D eigenvalue weighted by Gasteiger charge is 2.21. The molecule has 3 aromatic carbocycles. The fraction of sp³-hybridized carbons (Fsp3) is 0.233. The molecule has 0 atom stereocenters. The van der Waals surface area contributed by atoms with E-state index in [-0.39, 0.29) is 29.7 Å². The van der Waals surface area contributed by atoms with E-state index < -0.39 is 5.91 Å². The average Bonchev–Trinajstić information content (AvgIpc) is 3.51. The number of imidazole rings is 1. The standard InChI is InChI=1S/C30H31N7O4/c1-4-37-24(14-18(2)35-37)29(40)34-30-33-23-16-21(28(31)39)17-25(41-3)27(23)36(30)13-7-10-26(38)32-22-12-11-19-8-5-6-9-20(19)15-22/h5-6,8-9,11-12,14-17H,4,7,10,13H2,1-3H3,(H2,31,39)(H,32,38)(H,33,34,40). The van der Waals surface area contributed by atoms with Gasteiger partial charge in [-0.15, -0.1) is 0 Å². The molecule has 0 radical (unpaired) electrons. The Labute approximate surface area is 236 Å². The fourth-order valence-corrected chi connectivity index (χ4v) is 4.86. The fourth-order valence-electron chi connectivity index (χ4n) is 4.86. The molecule has 0 aliphatic heterocycles. The number of amides is 3. The van der Waals surface area contributed by atoms with Crippen molar-refractivity contribution in [3.63, 3.8) is 0 Å². The van der Waals surface area contributed by atoms with E-state index in [1.54, 1.807) is 21.4 Å². The monoisotopic (exact) mass is 553 g/mol. The first-order valence-electron chi connectivity index (χ1n) is 13.3. The number of rotatable bonds is 10. The second-order valence-electron chi connectivity index (χ2n) is 9.65. The van der Waals surface area contributed by atoms with Crippen LogP contribution in [0.15, 0.2) is 60.7 Å². The zero-order valence-electron chi connectivity index (χ0n) is 23.1. The number of fused-ring (bicyclic) bond motifs is 2. The van der Waals surface area contributed by atoms with Crippen molar-refractivity contribution in [1.82, 2.24) is 19.3 Å². The SMILES string of the molecule is CCn1nc(C)cc1C(=O)Nc1nc2cc(C(N)=O)cc(OC)c2n1CCCC(=O)Nc1ccc2ccccc2c1. The van der Waals surface area contributed by atoms with Gasteiger partial charge in [0, 0.05) is 30.8 Å². The maximum absolute atomic E-state index is 13.2. The molecule has 0 spiro atoms. The van der Waals surface area contributed by atoms with Gasteiger partial charge in [-0.05, 0) is 61.4 Å². The van der Waals surface area contributed by atoms with Gasteiger partial charge >= 0.3 is 0 Å². The minimum absolute atomic E-state index is 0.138. The number of nitrogens with two attached hydrogens (primary N) is 1. The van der Waals surface area contributed by atoms with Crippen molar-refractivity contribution >= 4 is 51.2 Å². The van der Waals surface area contributed by atoms with Crippen LogP contribution >= 0.6 is 0 Å². The number of carbonyl (C=O) groups is 3. The lowest BCUT2D eigenvalue weighted by atomic mass is 10.1. The Morgan fingerprint density at radius 2 is 1.78 bits per heavy atom. The van der Waals surface area contributed by atoms with Gasteiger partial charge in [0.15, 0.2) is 0 Å². The van der Waals surface area contributed by atoms with Gasteiger partial charge in [0.25, 0.3) is 5.91 Å². The van der Waals surface area contributed by atoms with Gasteiger partial charge in [0.2, 0.25) is 17.8 Å². The molecule has 0 saturated heterocycles. The number of anilines is 2. The average molecular weight is 554 g/mol. The Balaban J connectivity index is 1.40. The molecule has 0 fully saturated rings. The summed E-state index contributed by atoms with van der Waals surface area (Å²) in [5.41, 5.74) is 8.57. The van der Waals surface area contributed by atoms with Crippen LogP contribution in [0.5, 0.6) is 5.75 Å². The summed E-state index contributed by atoms with van der Waals surface area (Å²) in [7, 11) is 1.48. The predicted molar refractivity (Wildman–Crippen MR) is 157 cm³/mol. The quantitative estimate of drug-likeness (QED) is 0.232. The predicted octanol–water partition coefficient (Wildman–Crippen LogP) is 4.49. The molecule has 0 aliphatic carbocycles. The highest BCUT2D eigenvalue weighted by atomic mass is 16.5. The topological polar surface area (TPSA) is 146 Å². The molecule has 41 heavy (non-hydrogen) atoms. The number of benzene rings is 3. The molecular formula is C30H31N7O4. The Hall–Kier alpha value is -5.19. The minimum atomic E-state index is -0.627. The van der Waals surface area contributed by atoms with Crippen LogP contribution in [0.4, 0.5) is 11.6 Å². The van der Waals surface area contributed by atoms with Gasteiger partial charge in [-0.1, -0.05) is 30.3 Å². The molecule has 0 unspecified atom stereocenters. The summed E-state index contributed by atoms with van der Waals surface area (Å²) in [5.74, 6) is -0.522. The third-order valence-electron chi connectivity index (χ3n) is 6.79. The molecule has 0 aliphatic rings. The molecule has 2 heterocycles. The van der Waals surface area contributed by atoms with Crippen molar-refractivity contribution in [3.05, 3.63) is 77.6 Å². The molecule has 0 bridgehead atoms. The first-order valence-corrected chi connectivity index (χ1v) is 13.3. The van der Waals surface area contributed by atoms with Crippen LogP contribution in [0.2, 0.25) is 0 Å². The van der Waals surface area contributed by atoms with Crippen LogP contribution < -0.4 is 21.1 Å². The summed E-state index contributed by atoms with van der Waals surface area (Å²) >= 11 is 0. The zero-order valence-corrected chi connectivity index (χ0v) is 23.1. The number of carbonyl (C=O) groups excluding carboxylic acids is 3. The molecule has 0 saturated carbocycles. The Morgan fingerprint density at radius 3 is 2.51 bits per heavy atom. The first-order chi connectivity index (χ1) is 19.8. The molecule has 11 heteroatoms. The van der Waals surface area contributed by atoms with Gasteiger partial charge in [0.1, 0.15) is 17.0 Å². The molecule has 210 valence electrons. The van der Waals surface area contributed by atoms with Crippen LogP contribution in [0.1, 0.15) is 46.3 Å². The number of primary amides is 1. The van der Waals surface area contributed by atoms with Crippen molar-refractivity contribution in [2.24, 2.45) is 5.73 Å². The summed E-state index contributed by atoms with van der Waals surface area (Å²) < 4.78 is 8.96. The van der Waals surface area contributed by atoms with Crippen molar-refractivity contribution in [2.75, 3.05) is 17.7 Å². The van der Waals surface area contributed by atoms with E-state index >= 15 is 0 Å². The summed E-state index contributed by atoms with van der Waals surface area (Å²) in [4.78, 5) is 42.6. The molecule has 5 aromatic rings. The summed E-state index contributed by atoms with van der Waals surface area (Å²) in [6, 6.07) is 18.5. The largest absolute Gasteiger partial charge is 0.494 e. The van der Waals surface area contributed by atoms with Crippen LogP contribution in [0.25, 0.3) is 21.8 Å². The number of methoxy groups -OCH3 is 1. The first kappa shape index (κ1) is 27.4.